The highest BCUT2D eigenvalue weighted by molar-refractivity contribution is 8.01. The molecule has 6 bridgehead atoms. The van der Waals surface area contributed by atoms with Crippen LogP contribution in [0.25, 0.3) is 0 Å². The van der Waals surface area contributed by atoms with E-state index < -0.39 is 54.2 Å². The Labute approximate surface area is 272 Å². The minimum atomic E-state index is -5.73. The topological polar surface area (TPSA) is 97.7 Å². The maximum Gasteiger partial charge on any atom is 0.339 e. The van der Waals surface area contributed by atoms with E-state index in [9.17, 15) is 25.6 Å². The van der Waals surface area contributed by atoms with Crippen molar-refractivity contribution in [1.82, 2.24) is 0 Å². The van der Waals surface area contributed by atoms with Gasteiger partial charge in [0.2, 0.25) is 17.4 Å². The highest BCUT2D eigenvalue weighted by Crippen LogP contribution is 2.60. The van der Waals surface area contributed by atoms with Crippen molar-refractivity contribution in [3.8, 4) is 5.75 Å². The molecule has 6 nitrogen and oxygen atoms in total. The Balaban J connectivity index is 1.31. The van der Waals surface area contributed by atoms with Crippen LogP contribution in [0.4, 0.5) is 17.6 Å². The molecule has 6 aliphatic heterocycles. The summed E-state index contributed by atoms with van der Waals surface area (Å²) >= 11 is 5.64. The molecule has 0 aliphatic carbocycles. The molecule has 1 N–H and O–H groups in total. The molecule has 6 fully saturated rings. The van der Waals surface area contributed by atoms with Crippen molar-refractivity contribution in [3.63, 3.8) is 0 Å². The SMILES string of the molecule is O=S(=O)(O)c1c(F)c(F)c(OS(=O)(=O)c2c(C3CC4CCC3S4)cc(C3CC4CCC3S4)cc2C2CC3CCC2S3)c(F)c1F. The molecule has 8 rings (SSSR count). The van der Waals surface area contributed by atoms with Crippen LogP contribution in [0.15, 0.2) is 21.9 Å². The van der Waals surface area contributed by atoms with Crippen molar-refractivity contribution in [1.29, 1.82) is 0 Å². The van der Waals surface area contributed by atoms with Gasteiger partial charge in [0.05, 0.1) is 0 Å². The summed E-state index contributed by atoms with van der Waals surface area (Å²) in [5, 5.41) is 2.06. The Morgan fingerprint density at radius 3 is 1.40 bits per heavy atom. The van der Waals surface area contributed by atoms with Crippen LogP contribution in [0.3, 0.4) is 0 Å². The van der Waals surface area contributed by atoms with E-state index in [0.717, 1.165) is 56.9 Å². The van der Waals surface area contributed by atoms with E-state index in [-0.39, 0.29) is 33.1 Å². The van der Waals surface area contributed by atoms with Gasteiger partial charge in [-0.3, -0.25) is 4.55 Å². The molecular formula is C30H30F4O6S5. The lowest BCUT2D eigenvalue weighted by molar-refractivity contribution is 0.364. The Hall–Kier alpha value is -1.13. The summed E-state index contributed by atoms with van der Waals surface area (Å²) in [5.41, 5.74) is 2.16. The van der Waals surface area contributed by atoms with Crippen molar-refractivity contribution < 1.29 is 43.1 Å². The van der Waals surface area contributed by atoms with Gasteiger partial charge in [-0.1, -0.05) is 12.1 Å². The van der Waals surface area contributed by atoms with E-state index in [1.165, 1.54) is 6.42 Å². The molecule has 45 heavy (non-hydrogen) atoms. The average molecular weight is 723 g/mol. The van der Waals surface area contributed by atoms with Crippen molar-refractivity contribution in [2.45, 2.75) is 117 Å². The predicted molar refractivity (Wildman–Crippen MR) is 166 cm³/mol. The Bertz CT molecular complexity index is 1740. The Morgan fingerprint density at radius 2 is 1.04 bits per heavy atom. The fourth-order valence-corrected chi connectivity index (χ4v) is 16.2. The van der Waals surface area contributed by atoms with Crippen LogP contribution in [0, 0.1) is 23.3 Å². The Kier molecular flexibility index (Phi) is 7.58. The fraction of sp³-hybridized carbons (Fsp3) is 0.600. The number of rotatable bonds is 7. The first-order valence-electron chi connectivity index (χ1n) is 15.2. The van der Waals surface area contributed by atoms with E-state index in [2.05, 4.69) is 0 Å². The van der Waals surface area contributed by atoms with Crippen LogP contribution in [0.5, 0.6) is 5.75 Å². The van der Waals surface area contributed by atoms with Crippen molar-refractivity contribution >= 4 is 55.5 Å². The highest BCUT2D eigenvalue weighted by Gasteiger charge is 2.49. The minimum Gasteiger partial charge on any atom is -0.372 e. The smallest absolute Gasteiger partial charge is 0.339 e. The first-order valence-corrected chi connectivity index (χ1v) is 20.9. The van der Waals surface area contributed by atoms with Gasteiger partial charge in [-0.05, 0) is 92.2 Å². The molecule has 0 aromatic heterocycles. The normalized spacial score (nSPS) is 35.2. The lowest BCUT2D eigenvalue weighted by atomic mass is 9.76. The van der Waals surface area contributed by atoms with Gasteiger partial charge in [0, 0.05) is 31.5 Å². The summed E-state index contributed by atoms with van der Waals surface area (Å²) in [6, 6.07) is 3.90. The van der Waals surface area contributed by atoms with Gasteiger partial charge in [-0.2, -0.15) is 60.9 Å². The molecular weight excluding hydrogens is 693 g/mol. The minimum absolute atomic E-state index is 0.150. The molecule has 15 heteroatoms. The molecule has 2 aromatic rings. The van der Waals surface area contributed by atoms with E-state index >= 15 is 8.78 Å². The lowest BCUT2D eigenvalue weighted by Crippen LogP contribution is -2.26. The largest absolute Gasteiger partial charge is 0.372 e. The van der Waals surface area contributed by atoms with Gasteiger partial charge in [0.1, 0.15) is 4.90 Å². The monoisotopic (exact) mass is 722 g/mol. The van der Waals surface area contributed by atoms with Crippen molar-refractivity contribution in [3.05, 3.63) is 52.1 Å². The maximum absolute atomic E-state index is 15.1. The van der Waals surface area contributed by atoms with Crippen LogP contribution in [-0.4, -0.2) is 52.9 Å². The lowest BCUT2D eigenvalue weighted by Gasteiger charge is -2.31. The molecule has 6 heterocycles. The average Bonchev–Trinajstić information content (AvgIpc) is 3.85. The van der Waals surface area contributed by atoms with E-state index in [1.54, 1.807) is 0 Å². The molecule has 0 spiro atoms. The van der Waals surface area contributed by atoms with Gasteiger partial charge in [0.15, 0.2) is 16.5 Å². The number of hydrogen-bond acceptors (Lipinski definition) is 8. The molecule has 6 aliphatic rings. The first kappa shape index (κ1) is 31.2. The second-order valence-electron chi connectivity index (χ2n) is 13.1. The molecule has 0 radical (unpaired) electrons. The van der Waals surface area contributed by atoms with Crippen molar-refractivity contribution in [2.75, 3.05) is 0 Å². The maximum atomic E-state index is 15.1. The zero-order valence-electron chi connectivity index (χ0n) is 23.8. The highest BCUT2D eigenvalue weighted by atomic mass is 32.2. The summed E-state index contributed by atoms with van der Waals surface area (Å²) < 4.78 is 126. The van der Waals surface area contributed by atoms with Crippen LogP contribution in [-0.2, 0) is 20.2 Å². The van der Waals surface area contributed by atoms with Crippen LogP contribution in [0.1, 0.15) is 92.2 Å². The predicted octanol–water partition coefficient (Wildman–Crippen LogP) is 7.51. The standard InChI is InChI=1S/C30H30F4O6S5/c31-24-26(33)30(44(35,36)37)27(34)25(32)28(24)40-45(38,39)29-19(17-10-14-2-5-22(17)42-14)7-12(16-9-13-1-4-21(16)41-13)8-20(29)18-11-15-3-6-23(18)43-15/h7-8,13-18,21-23H,1-6,9-11H2,(H,35,36,37). The summed E-state index contributed by atoms with van der Waals surface area (Å²) in [6.07, 6.45) is 8.61. The summed E-state index contributed by atoms with van der Waals surface area (Å²) in [6.45, 7) is 0. The van der Waals surface area contributed by atoms with Crippen molar-refractivity contribution in [2.24, 2.45) is 0 Å². The number of hydrogen-bond donors (Lipinski definition) is 1. The third-order valence-corrected chi connectivity index (χ3v) is 18.0. The molecule has 9 unspecified atom stereocenters. The van der Waals surface area contributed by atoms with Crippen LogP contribution < -0.4 is 4.18 Å². The second kappa shape index (κ2) is 10.9. The quantitative estimate of drug-likeness (QED) is 0.135. The van der Waals surface area contributed by atoms with E-state index in [1.807, 2.05) is 47.4 Å². The zero-order valence-corrected chi connectivity index (χ0v) is 27.8. The summed E-state index contributed by atoms with van der Waals surface area (Å²) in [7, 11) is -10.8. The molecule has 9 atom stereocenters. The fourth-order valence-electron chi connectivity index (χ4n) is 8.71. The third-order valence-electron chi connectivity index (χ3n) is 10.6. The second-order valence-corrected chi connectivity index (χ2v) is 20.6. The first-order chi connectivity index (χ1) is 21.3. The number of fused-ring (bicyclic) bond motifs is 6. The molecule has 6 saturated heterocycles. The van der Waals surface area contributed by atoms with Gasteiger partial charge < -0.3 is 4.18 Å². The van der Waals surface area contributed by atoms with E-state index in [4.69, 9.17) is 8.74 Å². The number of benzene rings is 2. The van der Waals surface area contributed by atoms with Gasteiger partial charge in [0.25, 0.3) is 0 Å². The molecule has 0 amide bonds. The van der Waals surface area contributed by atoms with Gasteiger partial charge in [-0.15, -0.1) is 0 Å². The zero-order chi connectivity index (χ0) is 31.6. The third kappa shape index (κ3) is 5.07. The van der Waals surface area contributed by atoms with Crippen LogP contribution in [0.2, 0.25) is 0 Å². The summed E-state index contributed by atoms with van der Waals surface area (Å²) in [4.78, 5) is -2.44. The number of thioether (sulfide) groups is 3. The molecule has 2 aromatic carbocycles. The van der Waals surface area contributed by atoms with E-state index in [0.29, 0.717) is 32.1 Å². The summed E-state index contributed by atoms with van der Waals surface area (Å²) in [5.74, 6) is -11.6. The molecule has 244 valence electrons. The number of halogens is 4. The molecule has 0 saturated carbocycles. The van der Waals surface area contributed by atoms with Gasteiger partial charge >= 0.3 is 20.2 Å². The van der Waals surface area contributed by atoms with Crippen LogP contribution >= 0.6 is 35.3 Å². The van der Waals surface area contributed by atoms with Gasteiger partial charge in [-0.25, -0.2) is 8.78 Å². The Morgan fingerprint density at radius 1 is 0.622 bits per heavy atom.